The number of aliphatic carboxylic acids is 1. The Morgan fingerprint density at radius 3 is 1.44 bits per heavy atom. The smallest absolute Gasteiger partial charge is 0.490 e. The number of carbonyl (C=O) groups is 7. The maximum atomic E-state index is 12.9. The van der Waals surface area contributed by atoms with Gasteiger partial charge in [-0.3, -0.25) is 9.59 Å². The maximum Gasteiger partial charge on any atom is 0.490 e. The van der Waals surface area contributed by atoms with Crippen LogP contribution in [0.15, 0.2) is 36.4 Å². The second kappa shape index (κ2) is 30.6. The van der Waals surface area contributed by atoms with E-state index in [1.807, 2.05) is 54.8 Å². The van der Waals surface area contributed by atoms with E-state index in [1.54, 1.807) is 52.8 Å². The molecule has 0 saturated heterocycles. The van der Waals surface area contributed by atoms with Crippen molar-refractivity contribution in [3.05, 3.63) is 63.8 Å². The number of halogens is 15. The fourth-order valence-electron chi connectivity index (χ4n) is 9.41. The summed E-state index contributed by atoms with van der Waals surface area (Å²) in [5, 5.41) is 19.5. The van der Waals surface area contributed by atoms with Gasteiger partial charge in [-0.25, -0.2) is 19.2 Å². The molecule has 3 unspecified atom stereocenters. The van der Waals surface area contributed by atoms with Gasteiger partial charge < -0.3 is 48.3 Å². The van der Waals surface area contributed by atoms with Crippen LogP contribution in [0.3, 0.4) is 0 Å². The molecule has 0 radical (unpaired) electrons. The number of carbonyl (C=O) groups excluding carboxylic acids is 7. The molecule has 2 aromatic carbocycles. The van der Waals surface area contributed by atoms with Crippen molar-refractivity contribution < 1.29 is 130 Å². The van der Waals surface area contributed by atoms with Gasteiger partial charge in [0.05, 0.1) is 30.5 Å². The van der Waals surface area contributed by atoms with Crippen molar-refractivity contribution in [1.29, 1.82) is 0 Å². The van der Waals surface area contributed by atoms with Crippen LogP contribution in [0.5, 0.6) is 0 Å². The number of ether oxygens (including phenoxy) is 6. The molecule has 0 aromatic heterocycles. The monoisotopic (exact) mass is 1620 g/mol. The molecule has 2 N–H and O–H groups in total. The first-order valence-corrected chi connectivity index (χ1v) is 30.4. The van der Waals surface area contributed by atoms with E-state index in [2.05, 4.69) is 72.5 Å². The predicted octanol–water partition coefficient (Wildman–Crippen LogP) is 11.2. The lowest BCUT2D eigenvalue weighted by atomic mass is 9.50. The van der Waals surface area contributed by atoms with Crippen molar-refractivity contribution >= 4 is 110 Å². The largest absolute Gasteiger partial charge is 0.550 e. The summed E-state index contributed by atoms with van der Waals surface area (Å²) in [6.07, 6.45) is -22.6. The summed E-state index contributed by atoms with van der Waals surface area (Å²) in [5.74, 6) is -10.7. The molecule has 0 spiro atoms. The molecule has 2 aromatic rings. The van der Waals surface area contributed by atoms with E-state index in [0.717, 1.165) is 35.7 Å². The first kappa shape index (κ1) is 80.1. The van der Waals surface area contributed by atoms with Crippen molar-refractivity contribution in [2.75, 3.05) is 27.2 Å². The van der Waals surface area contributed by atoms with Crippen molar-refractivity contribution in [3.8, 4) is 0 Å². The Morgan fingerprint density at radius 2 is 1.07 bits per heavy atom. The summed E-state index contributed by atoms with van der Waals surface area (Å²) in [6.45, 7) is 18.3. The minimum atomic E-state index is -6.25. The van der Waals surface area contributed by atoms with Crippen LogP contribution in [-0.2, 0) is 63.8 Å². The zero-order valence-corrected chi connectivity index (χ0v) is 56.6. The standard InChI is InChI=1S/C20H24F6O6.C15H16F6O3.C12H11I3O4.C10H21NO2/c1-4-15(2,3)12(27)30-16-5-11-6-17(8-16,31-13(28)19(21,22)23)10-18(7-11,9-16)32-14(29)20(24,25)26;1-3-9(2)11-6-4-10(5-7-11)8-24-12(22)13(23,14(16,17)18)15(19,20)21;1-12(2,5-9(16)17)19-11(18)7-3-6(13)4-8(14)10(7)15;1-6-10(2,3)9(12)13-8-7-11(4)5/h11H,4-10H2,1-3H3;4-7,9,23H,3,8H2,1-2H3;3-4H,5H2,1-2H3,(H,16,17);6-8H2,1-5H3. The molecular formula is C57H72F12I3NO15. The van der Waals surface area contributed by atoms with Crippen LogP contribution in [0.25, 0.3) is 0 Å². The van der Waals surface area contributed by atoms with Crippen LogP contribution in [0.4, 0.5) is 52.7 Å². The van der Waals surface area contributed by atoms with Gasteiger partial charge in [-0.05, 0) is 183 Å². The third-order valence-electron chi connectivity index (χ3n) is 14.8. The van der Waals surface area contributed by atoms with Crippen molar-refractivity contribution in [2.24, 2.45) is 16.7 Å². The zero-order valence-electron chi connectivity index (χ0n) is 50.1. The molecule has 4 aliphatic carbocycles. The predicted molar refractivity (Wildman–Crippen MR) is 312 cm³/mol. The van der Waals surface area contributed by atoms with Crippen LogP contribution < -0.4 is 10.0 Å². The summed E-state index contributed by atoms with van der Waals surface area (Å²) in [5.41, 5.74) is -11.6. The minimum Gasteiger partial charge on any atom is -0.550 e. The summed E-state index contributed by atoms with van der Waals surface area (Å²) in [6, 6.07) is 9.80. The average Bonchev–Trinajstić information content (AvgIpc) is 0.710. The van der Waals surface area contributed by atoms with E-state index in [4.69, 9.17) is 28.8 Å². The molecule has 4 fully saturated rings. The Kier molecular flexibility index (Phi) is 27.9. The number of hydrogen-bond acceptors (Lipinski definition) is 15. The van der Waals surface area contributed by atoms with Gasteiger partial charge in [-0.2, -0.15) is 52.7 Å². The Labute approximate surface area is 542 Å². The first-order valence-electron chi connectivity index (χ1n) is 27.2. The van der Waals surface area contributed by atoms with E-state index in [-0.39, 0.29) is 61.4 Å². The van der Waals surface area contributed by atoms with E-state index >= 15 is 0 Å². The number of nitrogens with one attached hydrogen (secondary N) is 1. The molecule has 4 bridgehead atoms. The molecule has 4 aliphatic rings. The lowest BCUT2D eigenvalue weighted by Crippen LogP contribution is -3.06. The molecule has 0 heterocycles. The third kappa shape index (κ3) is 22.4. The highest BCUT2D eigenvalue weighted by Crippen LogP contribution is 2.64. The molecule has 0 aliphatic heterocycles. The Hall–Kier alpha value is -4.00. The number of esters is 6. The van der Waals surface area contributed by atoms with E-state index in [9.17, 15) is 91.4 Å². The third-order valence-corrected chi connectivity index (χ3v) is 18.5. The van der Waals surface area contributed by atoms with Crippen LogP contribution in [0, 0.1) is 27.5 Å². The van der Waals surface area contributed by atoms with E-state index < -0.39 is 113 Å². The van der Waals surface area contributed by atoms with Gasteiger partial charge in [0.15, 0.2) is 0 Å². The number of aliphatic hydroxyl groups is 1. The fourth-order valence-corrected chi connectivity index (χ4v) is 11.8. The van der Waals surface area contributed by atoms with Crippen molar-refractivity contribution in [3.63, 3.8) is 0 Å². The zero-order chi connectivity index (χ0) is 68.4. The van der Waals surface area contributed by atoms with Gasteiger partial charge in [0.25, 0.3) is 0 Å². The van der Waals surface area contributed by atoms with E-state index in [1.165, 1.54) is 17.0 Å². The fraction of sp³-hybridized carbons (Fsp3) is 0.667. The second-order valence-corrected chi connectivity index (χ2v) is 27.6. The number of rotatable bonds is 19. The van der Waals surface area contributed by atoms with Gasteiger partial charge in [0, 0.05) is 42.4 Å². The minimum absolute atomic E-state index is 0.0589. The lowest BCUT2D eigenvalue weighted by molar-refractivity contribution is -0.858. The van der Waals surface area contributed by atoms with Crippen LogP contribution in [0.2, 0.25) is 0 Å². The Balaban J connectivity index is 0.000000421. The summed E-state index contributed by atoms with van der Waals surface area (Å²) >= 11 is 6.33. The van der Waals surface area contributed by atoms with Gasteiger partial charge in [0.1, 0.15) is 42.2 Å². The summed E-state index contributed by atoms with van der Waals surface area (Å²) < 4.78 is 185. The Bertz CT molecular complexity index is 2730. The summed E-state index contributed by atoms with van der Waals surface area (Å²) in [4.78, 5) is 82.7. The van der Waals surface area contributed by atoms with Gasteiger partial charge in [-0.15, -0.1) is 0 Å². The SMILES string of the molecule is CC(C)(CC(=O)[O-])OC(=O)c1cc(I)cc(I)c1I.CCC(C)(C)C(=O)OC12CC3CC(OC(=O)C(F)(F)F)(CC(OC(=O)C(F)(F)F)(C3)C1)C2.CCC(C)(C)C(=O)OCC[NH+](C)C.CCC(C)c1ccc(COC(=O)C(O)(C(F)(F)F)C(F)(F)F)cc1. The number of alkyl halides is 12. The van der Waals surface area contributed by atoms with Crippen molar-refractivity contribution in [2.45, 2.75) is 199 Å². The Morgan fingerprint density at radius 1 is 0.648 bits per heavy atom. The van der Waals surface area contributed by atoms with Gasteiger partial charge in [0.2, 0.25) is 0 Å². The first-order chi connectivity index (χ1) is 39.7. The molecule has 500 valence electrons. The molecule has 16 nitrogen and oxygen atoms in total. The number of carboxylic acid groups (broad SMARTS) is 1. The molecule has 0 amide bonds. The molecule has 88 heavy (non-hydrogen) atoms. The average molecular weight is 1620 g/mol. The van der Waals surface area contributed by atoms with Gasteiger partial charge in [-0.1, -0.05) is 52.0 Å². The van der Waals surface area contributed by atoms with Crippen LogP contribution in [0.1, 0.15) is 161 Å². The number of carboxylic acids is 1. The molecule has 3 atom stereocenters. The topological polar surface area (TPSA) is 223 Å². The van der Waals surface area contributed by atoms with Crippen LogP contribution in [-0.4, -0.2) is 127 Å². The molecular weight excluding hydrogens is 1550 g/mol. The second-order valence-electron chi connectivity index (χ2n) is 24.1. The number of hydrogen-bond donors (Lipinski definition) is 2. The highest BCUT2D eigenvalue weighted by Gasteiger charge is 2.77. The number of benzene rings is 2. The van der Waals surface area contributed by atoms with Gasteiger partial charge >= 0.3 is 66.1 Å². The number of likely N-dealkylation sites (N-methyl/N-ethyl adjacent to an activating group) is 1. The normalized spacial score (nSPS) is 20.5. The molecule has 31 heteroatoms. The van der Waals surface area contributed by atoms with E-state index in [0.29, 0.717) is 18.6 Å². The van der Waals surface area contributed by atoms with Crippen molar-refractivity contribution in [1.82, 2.24) is 0 Å². The highest BCUT2D eigenvalue weighted by molar-refractivity contribution is 14.1. The molecule has 6 rings (SSSR count). The highest BCUT2D eigenvalue weighted by atomic mass is 127. The quantitative estimate of drug-likeness (QED) is 0.0439. The molecule has 4 saturated carbocycles. The number of quaternary nitrogens is 1. The van der Waals surface area contributed by atoms with Crippen LogP contribution >= 0.6 is 67.8 Å². The maximum absolute atomic E-state index is 12.9. The lowest BCUT2D eigenvalue weighted by Gasteiger charge is -2.63. The summed E-state index contributed by atoms with van der Waals surface area (Å²) in [7, 11) is 4.08.